The highest BCUT2D eigenvalue weighted by Crippen LogP contribution is 2.54. The molecule has 0 spiro atoms. The summed E-state index contributed by atoms with van der Waals surface area (Å²) in [5, 5.41) is 8.02. The fourth-order valence-electron chi connectivity index (χ4n) is 6.22. The molecule has 5 aliphatic carbocycles. The number of nitrogens with zero attached hydrogens (tertiary/aromatic N) is 1. The van der Waals surface area contributed by atoms with Crippen LogP contribution in [-0.2, 0) is 10.2 Å². The minimum Gasteiger partial charge on any atom is -0.458 e. The van der Waals surface area contributed by atoms with E-state index in [0.29, 0.717) is 17.9 Å². The number of nitrogens with one attached hydrogen (secondary N) is 1. The number of piperidine rings is 1. The predicted molar refractivity (Wildman–Crippen MR) is 95.1 cm³/mol. The van der Waals surface area contributed by atoms with E-state index in [1.54, 1.807) is 0 Å². The number of hydrogen-bond acceptors (Lipinski definition) is 5. The maximum Gasteiger partial charge on any atom is 0.344 e. The number of rotatable bonds is 4. The first-order valence-corrected chi connectivity index (χ1v) is 10.7. The molecule has 140 valence electrons. The van der Waals surface area contributed by atoms with Gasteiger partial charge in [-0.2, -0.15) is 0 Å². The smallest absolute Gasteiger partial charge is 0.344 e. The Morgan fingerprint density at radius 2 is 1.88 bits per heavy atom. The van der Waals surface area contributed by atoms with Gasteiger partial charge in [-0.05, 0) is 63.7 Å². The summed E-state index contributed by atoms with van der Waals surface area (Å²) >= 11 is 0. The molecule has 0 unspecified atom stereocenters. The second-order valence-corrected chi connectivity index (χ2v) is 9.59. The van der Waals surface area contributed by atoms with Crippen molar-refractivity contribution in [2.24, 2.45) is 11.8 Å². The first-order chi connectivity index (χ1) is 12.7. The molecule has 1 saturated heterocycles. The maximum atomic E-state index is 13.3. The van der Waals surface area contributed by atoms with Gasteiger partial charge in [0.15, 0.2) is 5.76 Å². The van der Waals surface area contributed by atoms with Crippen molar-refractivity contribution in [3.05, 3.63) is 17.0 Å². The summed E-state index contributed by atoms with van der Waals surface area (Å²) in [6.45, 7) is 0.986. The Hall–Kier alpha value is -1.36. The quantitative estimate of drug-likeness (QED) is 0.834. The zero-order valence-electron chi connectivity index (χ0n) is 15.3. The molecule has 0 radical (unpaired) electrons. The Labute approximate surface area is 154 Å². The van der Waals surface area contributed by atoms with Crippen LogP contribution >= 0.6 is 0 Å². The highest BCUT2D eigenvalue weighted by Gasteiger charge is 2.49. The topological polar surface area (TPSA) is 64.4 Å². The Morgan fingerprint density at radius 1 is 1.12 bits per heavy atom. The minimum atomic E-state index is -0.150. The molecule has 5 heteroatoms. The summed E-state index contributed by atoms with van der Waals surface area (Å²) in [5.41, 5.74) is 1.74. The summed E-state index contributed by atoms with van der Waals surface area (Å²) in [6, 6.07) is 0.537. The van der Waals surface area contributed by atoms with Gasteiger partial charge in [0.05, 0.1) is 0 Å². The molecule has 2 heterocycles. The average Bonchev–Trinajstić information content (AvgIpc) is 3.10. The van der Waals surface area contributed by atoms with Crippen LogP contribution in [-0.4, -0.2) is 29.8 Å². The summed E-state index contributed by atoms with van der Waals surface area (Å²) in [5.74, 6) is 2.44. The number of hydrogen-bond donors (Lipinski definition) is 1. The number of aromatic nitrogens is 1. The highest BCUT2D eigenvalue weighted by atomic mass is 16.5. The number of ether oxygens (including phenoxy) is 1. The molecule has 1 aromatic heterocycles. The van der Waals surface area contributed by atoms with Crippen molar-refractivity contribution in [1.29, 1.82) is 0 Å². The molecule has 0 aromatic carbocycles. The van der Waals surface area contributed by atoms with Gasteiger partial charge in [-0.25, -0.2) is 4.79 Å². The van der Waals surface area contributed by atoms with Crippen molar-refractivity contribution in [3.63, 3.8) is 0 Å². The van der Waals surface area contributed by atoms with Gasteiger partial charge in [-0.1, -0.05) is 5.16 Å². The Morgan fingerprint density at radius 3 is 2.50 bits per heavy atom. The van der Waals surface area contributed by atoms with E-state index in [1.165, 1.54) is 19.3 Å². The van der Waals surface area contributed by atoms with Gasteiger partial charge >= 0.3 is 5.97 Å². The van der Waals surface area contributed by atoms with Crippen LogP contribution < -0.4 is 5.32 Å². The second kappa shape index (κ2) is 5.57. The average molecular weight is 356 g/mol. The predicted octanol–water partition coefficient (Wildman–Crippen LogP) is 3.68. The van der Waals surface area contributed by atoms with Crippen LogP contribution in [0.4, 0.5) is 0 Å². The Balaban J connectivity index is 1.33. The monoisotopic (exact) mass is 356 g/mol. The van der Waals surface area contributed by atoms with Crippen molar-refractivity contribution < 1.29 is 14.1 Å². The van der Waals surface area contributed by atoms with Gasteiger partial charge in [0.25, 0.3) is 0 Å². The van der Waals surface area contributed by atoms with Crippen LogP contribution in [0.3, 0.4) is 0 Å². The molecule has 3 atom stereocenters. The van der Waals surface area contributed by atoms with E-state index in [0.717, 1.165) is 74.4 Å². The molecule has 1 aliphatic heterocycles. The minimum absolute atomic E-state index is 0.0655. The first kappa shape index (κ1) is 15.7. The van der Waals surface area contributed by atoms with Gasteiger partial charge in [-0.15, -0.1) is 0 Å². The number of carbonyl (C=O) groups is 1. The fourth-order valence-corrected chi connectivity index (χ4v) is 6.22. The van der Waals surface area contributed by atoms with Crippen molar-refractivity contribution in [1.82, 2.24) is 10.5 Å². The third-order valence-corrected chi connectivity index (χ3v) is 8.02. The molecule has 4 bridgehead atoms. The van der Waals surface area contributed by atoms with Gasteiger partial charge in [0.2, 0.25) is 0 Å². The summed E-state index contributed by atoms with van der Waals surface area (Å²) < 4.78 is 11.9. The fraction of sp³-hybridized carbons (Fsp3) is 0.810. The normalized spacial score (nSPS) is 40.9. The zero-order valence-corrected chi connectivity index (χ0v) is 15.3. The first-order valence-electron chi connectivity index (χ1n) is 10.7. The number of esters is 1. The number of carbonyl (C=O) groups excluding carboxylic acids is 1. The lowest BCUT2D eigenvalue weighted by molar-refractivity contribution is 0.0171. The van der Waals surface area contributed by atoms with Crippen LogP contribution in [0, 0.1) is 11.8 Å². The van der Waals surface area contributed by atoms with E-state index in [1.807, 2.05) is 0 Å². The van der Waals surface area contributed by atoms with E-state index >= 15 is 0 Å². The Kier molecular flexibility index (Phi) is 3.36. The largest absolute Gasteiger partial charge is 0.458 e. The molecule has 7 rings (SSSR count). The van der Waals surface area contributed by atoms with Gasteiger partial charge in [0, 0.05) is 36.3 Å². The lowest BCUT2D eigenvalue weighted by Gasteiger charge is -2.45. The third-order valence-electron chi connectivity index (χ3n) is 8.02. The van der Waals surface area contributed by atoms with Crippen LogP contribution in [0.2, 0.25) is 0 Å². The summed E-state index contributed by atoms with van der Waals surface area (Å²) in [4.78, 5) is 13.3. The van der Waals surface area contributed by atoms with E-state index in [9.17, 15) is 4.79 Å². The standard InChI is InChI=1S/C21H28N2O3/c24-20(25-16-10-15-9-14(16)11-22-15)17-18(13-1-2-13)26-23-19(17)21-6-3-12(4-7-21)5-8-21/h12-16,22H,1-11H2/t12?,14-,15-,16+,21?/m0/s1. The molecule has 6 fully saturated rings. The van der Waals surface area contributed by atoms with Crippen LogP contribution in [0.5, 0.6) is 0 Å². The van der Waals surface area contributed by atoms with Gasteiger partial charge in [0.1, 0.15) is 17.4 Å². The molecule has 5 nitrogen and oxygen atoms in total. The van der Waals surface area contributed by atoms with Crippen molar-refractivity contribution in [3.8, 4) is 0 Å². The SMILES string of the molecule is O=C(O[C@@H]1C[C@@H]2C[C@H]1CN2)c1c(C23CCC(CC2)CC3)noc1C1CC1. The van der Waals surface area contributed by atoms with Gasteiger partial charge < -0.3 is 14.6 Å². The maximum absolute atomic E-state index is 13.3. The summed E-state index contributed by atoms with van der Waals surface area (Å²) in [7, 11) is 0. The van der Waals surface area contributed by atoms with Crippen LogP contribution in [0.25, 0.3) is 0 Å². The van der Waals surface area contributed by atoms with E-state index in [-0.39, 0.29) is 17.5 Å². The van der Waals surface area contributed by atoms with Gasteiger partial charge in [-0.3, -0.25) is 0 Å². The van der Waals surface area contributed by atoms with Crippen LogP contribution in [0.1, 0.15) is 91.9 Å². The van der Waals surface area contributed by atoms with E-state index in [2.05, 4.69) is 10.5 Å². The third kappa shape index (κ3) is 2.32. The lowest BCUT2D eigenvalue weighted by atomic mass is 9.59. The number of fused-ring (bicyclic) bond motifs is 5. The molecule has 0 amide bonds. The zero-order chi connectivity index (χ0) is 17.3. The molecule has 26 heavy (non-hydrogen) atoms. The van der Waals surface area contributed by atoms with E-state index in [4.69, 9.17) is 9.26 Å². The summed E-state index contributed by atoms with van der Waals surface area (Å²) in [6.07, 6.45) is 11.7. The molecule has 1 N–H and O–H groups in total. The molecule has 6 aliphatic rings. The molecular formula is C21H28N2O3. The van der Waals surface area contributed by atoms with Crippen molar-refractivity contribution >= 4 is 5.97 Å². The molecular weight excluding hydrogens is 328 g/mol. The van der Waals surface area contributed by atoms with Crippen molar-refractivity contribution in [2.75, 3.05) is 6.54 Å². The van der Waals surface area contributed by atoms with Crippen molar-refractivity contribution in [2.45, 2.75) is 87.7 Å². The highest BCUT2D eigenvalue weighted by molar-refractivity contribution is 5.92. The van der Waals surface area contributed by atoms with E-state index < -0.39 is 0 Å². The molecule has 1 aromatic rings. The molecule has 5 saturated carbocycles. The second-order valence-electron chi connectivity index (χ2n) is 9.59. The van der Waals surface area contributed by atoms with Crippen LogP contribution in [0.15, 0.2) is 4.52 Å². The lowest BCUT2D eigenvalue weighted by Crippen LogP contribution is -2.40. The Bertz CT molecular complexity index is 716.